The molecule has 0 bridgehead atoms. The highest BCUT2D eigenvalue weighted by atomic mass is 16.6. The SMILES string of the molecule is COc1ncc(-c2cnn(C)c2)c2c1N(C(=O)OC(C)(C)C)CC2. The van der Waals surface area contributed by atoms with E-state index in [0.29, 0.717) is 18.1 Å². The summed E-state index contributed by atoms with van der Waals surface area (Å²) in [5.41, 5.74) is 3.09. The normalized spacial score (nSPS) is 13.8. The number of aromatic nitrogens is 3. The van der Waals surface area contributed by atoms with Crippen molar-refractivity contribution in [1.29, 1.82) is 0 Å². The lowest BCUT2D eigenvalue weighted by Gasteiger charge is -2.25. The Bertz CT molecular complexity index is 777. The predicted octanol–water partition coefficient (Wildman–Crippen LogP) is 2.79. The molecule has 3 rings (SSSR count). The van der Waals surface area contributed by atoms with E-state index in [9.17, 15) is 4.79 Å². The standard InChI is InChI=1S/C17H22N4O3/c1-17(2,3)24-16(22)21-7-6-12-13(11-8-19-20(4)10-11)9-18-15(23-5)14(12)21/h8-10H,6-7H2,1-5H3. The van der Waals surface area contributed by atoms with Crippen molar-refractivity contribution in [1.82, 2.24) is 14.8 Å². The molecule has 7 heteroatoms. The molecule has 7 nitrogen and oxygen atoms in total. The van der Waals surface area contributed by atoms with E-state index >= 15 is 0 Å². The number of hydrogen-bond acceptors (Lipinski definition) is 5. The van der Waals surface area contributed by atoms with Gasteiger partial charge in [-0.1, -0.05) is 0 Å². The Labute approximate surface area is 141 Å². The van der Waals surface area contributed by atoms with Crippen molar-refractivity contribution in [3.05, 3.63) is 24.2 Å². The third kappa shape index (κ3) is 2.93. The molecule has 1 amide bonds. The van der Waals surface area contributed by atoms with Gasteiger partial charge in [0.2, 0.25) is 5.88 Å². The lowest BCUT2D eigenvalue weighted by Crippen LogP contribution is -2.35. The maximum atomic E-state index is 12.5. The molecule has 0 N–H and O–H groups in total. The fourth-order valence-corrected chi connectivity index (χ4v) is 2.84. The van der Waals surface area contributed by atoms with Gasteiger partial charge in [-0.3, -0.25) is 9.58 Å². The molecular weight excluding hydrogens is 308 g/mol. The number of pyridine rings is 1. The van der Waals surface area contributed by atoms with E-state index < -0.39 is 5.60 Å². The Morgan fingerprint density at radius 3 is 2.62 bits per heavy atom. The molecule has 0 spiro atoms. The number of ether oxygens (including phenoxy) is 2. The van der Waals surface area contributed by atoms with Crippen LogP contribution in [0.25, 0.3) is 11.1 Å². The quantitative estimate of drug-likeness (QED) is 0.847. The van der Waals surface area contributed by atoms with Crippen molar-refractivity contribution in [3.63, 3.8) is 0 Å². The van der Waals surface area contributed by atoms with Crippen LogP contribution in [0.1, 0.15) is 26.3 Å². The van der Waals surface area contributed by atoms with Crippen LogP contribution in [-0.4, -0.2) is 40.1 Å². The predicted molar refractivity (Wildman–Crippen MR) is 90.3 cm³/mol. The van der Waals surface area contributed by atoms with Crippen molar-refractivity contribution in [2.24, 2.45) is 7.05 Å². The highest BCUT2D eigenvalue weighted by Gasteiger charge is 2.34. The van der Waals surface area contributed by atoms with Gasteiger partial charge in [0.25, 0.3) is 0 Å². The largest absolute Gasteiger partial charge is 0.480 e. The summed E-state index contributed by atoms with van der Waals surface area (Å²) in [5, 5.41) is 4.22. The topological polar surface area (TPSA) is 69.5 Å². The van der Waals surface area contributed by atoms with Gasteiger partial charge >= 0.3 is 6.09 Å². The lowest BCUT2D eigenvalue weighted by atomic mass is 10.0. The molecule has 0 aliphatic carbocycles. The highest BCUT2D eigenvalue weighted by Crippen LogP contribution is 2.41. The number of rotatable bonds is 2. The first-order valence-electron chi connectivity index (χ1n) is 7.85. The Balaban J connectivity index is 2.04. The van der Waals surface area contributed by atoms with E-state index in [-0.39, 0.29) is 6.09 Å². The number of anilines is 1. The van der Waals surface area contributed by atoms with Crippen LogP contribution in [0.3, 0.4) is 0 Å². The van der Waals surface area contributed by atoms with Crippen LogP contribution in [0.2, 0.25) is 0 Å². The molecule has 24 heavy (non-hydrogen) atoms. The number of methoxy groups -OCH3 is 1. The minimum atomic E-state index is -0.554. The summed E-state index contributed by atoms with van der Waals surface area (Å²) < 4.78 is 12.6. The van der Waals surface area contributed by atoms with Crippen molar-refractivity contribution < 1.29 is 14.3 Å². The first-order valence-corrected chi connectivity index (χ1v) is 7.85. The first-order chi connectivity index (χ1) is 11.3. The Hall–Kier alpha value is -2.57. The second-order valence-electron chi connectivity index (χ2n) is 6.79. The van der Waals surface area contributed by atoms with Gasteiger partial charge in [-0.05, 0) is 32.8 Å². The fourth-order valence-electron chi connectivity index (χ4n) is 2.84. The minimum absolute atomic E-state index is 0.385. The second-order valence-corrected chi connectivity index (χ2v) is 6.79. The number of hydrogen-bond donors (Lipinski definition) is 0. The Kier molecular flexibility index (Phi) is 3.95. The van der Waals surface area contributed by atoms with Crippen LogP contribution in [0.5, 0.6) is 5.88 Å². The number of aryl methyl sites for hydroxylation is 1. The molecule has 1 aliphatic heterocycles. The molecule has 3 heterocycles. The van der Waals surface area contributed by atoms with Crippen molar-refractivity contribution in [2.75, 3.05) is 18.6 Å². The van der Waals surface area contributed by atoms with Gasteiger partial charge in [-0.2, -0.15) is 5.10 Å². The summed E-state index contributed by atoms with van der Waals surface area (Å²) in [6, 6.07) is 0. The number of nitrogens with zero attached hydrogens (tertiary/aromatic N) is 4. The van der Waals surface area contributed by atoms with Crippen LogP contribution in [-0.2, 0) is 18.2 Å². The maximum absolute atomic E-state index is 12.5. The first kappa shape index (κ1) is 16.3. The molecule has 2 aromatic rings. The Morgan fingerprint density at radius 1 is 1.29 bits per heavy atom. The van der Waals surface area contributed by atoms with Crippen LogP contribution >= 0.6 is 0 Å². The van der Waals surface area contributed by atoms with E-state index in [1.54, 1.807) is 29.1 Å². The Morgan fingerprint density at radius 2 is 2.04 bits per heavy atom. The van der Waals surface area contributed by atoms with Crippen LogP contribution in [0.4, 0.5) is 10.5 Å². The number of carbonyl (C=O) groups is 1. The third-order valence-electron chi connectivity index (χ3n) is 3.80. The smallest absolute Gasteiger partial charge is 0.414 e. The van der Waals surface area contributed by atoms with E-state index in [2.05, 4.69) is 10.1 Å². The monoisotopic (exact) mass is 330 g/mol. The summed E-state index contributed by atoms with van der Waals surface area (Å²) in [5.74, 6) is 0.431. The minimum Gasteiger partial charge on any atom is -0.480 e. The zero-order valence-electron chi connectivity index (χ0n) is 14.7. The fraction of sp³-hybridized carbons (Fsp3) is 0.471. The number of fused-ring (bicyclic) bond motifs is 1. The zero-order chi connectivity index (χ0) is 17.5. The highest BCUT2D eigenvalue weighted by molar-refractivity contribution is 5.94. The van der Waals surface area contributed by atoms with Crippen LogP contribution < -0.4 is 9.64 Å². The molecule has 0 unspecified atom stereocenters. The van der Waals surface area contributed by atoms with Crippen LogP contribution in [0.15, 0.2) is 18.6 Å². The number of carbonyl (C=O) groups excluding carboxylic acids is 1. The molecule has 0 fully saturated rings. The van der Waals surface area contributed by atoms with E-state index in [0.717, 1.165) is 23.1 Å². The average Bonchev–Trinajstić information content (AvgIpc) is 3.11. The third-order valence-corrected chi connectivity index (χ3v) is 3.80. The van der Waals surface area contributed by atoms with Gasteiger partial charge in [0.1, 0.15) is 11.3 Å². The summed E-state index contributed by atoms with van der Waals surface area (Å²) in [6.07, 6.45) is 5.83. The molecular formula is C17H22N4O3. The average molecular weight is 330 g/mol. The summed E-state index contributed by atoms with van der Waals surface area (Å²) in [7, 11) is 3.42. The molecule has 0 atom stereocenters. The van der Waals surface area contributed by atoms with E-state index in [4.69, 9.17) is 9.47 Å². The second kappa shape index (κ2) is 5.81. The van der Waals surface area contributed by atoms with Crippen molar-refractivity contribution in [2.45, 2.75) is 32.8 Å². The van der Waals surface area contributed by atoms with E-state index in [1.807, 2.05) is 34.0 Å². The molecule has 0 saturated carbocycles. The van der Waals surface area contributed by atoms with Crippen LogP contribution in [0, 0.1) is 0 Å². The van der Waals surface area contributed by atoms with Gasteiger partial charge in [-0.15, -0.1) is 0 Å². The molecule has 2 aromatic heterocycles. The lowest BCUT2D eigenvalue weighted by molar-refractivity contribution is 0.0583. The molecule has 0 saturated heterocycles. The van der Waals surface area contributed by atoms with Crippen molar-refractivity contribution in [3.8, 4) is 17.0 Å². The zero-order valence-corrected chi connectivity index (χ0v) is 14.7. The summed E-state index contributed by atoms with van der Waals surface area (Å²) in [6.45, 7) is 6.09. The van der Waals surface area contributed by atoms with E-state index in [1.165, 1.54) is 0 Å². The van der Waals surface area contributed by atoms with Gasteiger partial charge in [0.05, 0.1) is 13.3 Å². The summed E-state index contributed by atoms with van der Waals surface area (Å²) in [4.78, 5) is 18.5. The van der Waals surface area contributed by atoms with Gasteiger partial charge in [0.15, 0.2) is 0 Å². The van der Waals surface area contributed by atoms with Gasteiger partial charge in [0, 0.05) is 37.1 Å². The molecule has 1 aliphatic rings. The molecule has 0 radical (unpaired) electrons. The summed E-state index contributed by atoms with van der Waals surface area (Å²) >= 11 is 0. The number of amides is 1. The van der Waals surface area contributed by atoms with Gasteiger partial charge < -0.3 is 9.47 Å². The van der Waals surface area contributed by atoms with Crippen molar-refractivity contribution >= 4 is 11.8 Å². The molecule has 128 valence electrons. The maximum Gasteiger partial charge on any atom is 0.414 e. The molecule has 0 aromatic carbocycles. The van der Waals surface area contributed by atoms with Gasteiger partial charge in [-0.25, -0.2) is 9.78 Å².